The molecule has 2 aliphatic heterocycles. The summed E-state index contributed by atoms with van der Waals surface area (Å²) in [5, 5.41) is 0. The lowest BCUT2D eigenvalue weighted by atomic mass is 9.90. The summed E-state index contributed by atoms with van der Waals surface area (Å²) >= 11 is 0. The molecule has 2 atom stereocenters. The van der Waals surface area contributed by atoms with Gasteiger partial charge in [0.25, 0.3) is 0 Å². The maximum absolute atomic E-state index is 6.05. The monoisotopic (exact) mass is 396 g/mol. The fourth-order valence-electron chi connectivity index (χ4n) is 3.98. The van der Waals surface area contributed by atoms with Crippen LogP contribution in [0.1, 0.15) is 44.5 Å². The molecule has 4 heteroatoms. The molecule has 29 heavy (non-hydrogen) atoms. The van der Waals surface area contributed by atoms with Crippen molar-refractivity contribution in [2.45, 2.75) is 60.2 Å². The van der Waals surface area contributed by atoms with Gasteiger partial charge in [0.15, 0.2) is 0 Å². The van der Waals surface area contributed by atoms with Gasteiger partial charge in [-0.25, -0.2) is 0 Å². The highest BCUT2D eigenvalue weighted by atomic mass is 16.6. The van der Waals surface area contributed by atoms with E-state index in [1.54, 1.807) is 0 Å². The van der Waals surface area contributed by atoms with E-state index in [-0.39, 0.29) is 12.2 Å². The quantitative estimate of drug-likeness (QED) is 0.608. The lowest BCUT2D eigenvalue weighted by Gasteiger charge is -2.20. The highest BCUT2D eigenvalue weighted by Crippen LogP contribution is 2.34. The van der Waals surface area contributed by atoms with E-state index in [9.17, 15) is 0 Å². The van der Waals surface area contributed by atoms with Crippen molar-refractivity contribution in [3.8, 4) is 11.5 Å². The summed E-state index contributed by atoms with van der Waals surface area (Å²) < 4.78 is 22.7. The summed E-state index contributed by atoms with van der Waals surface area (Å²) in [6, 6.07) is 4.56. The number of ether oxygens (including phenoxy) is 4. The number of benzene rings is 2. The smallest absolute Gasteiger partial charge is 0.125 e. The Kier molecular flexibility index (Phi) is 5.58. The van der Waals surface area contributed by atoms with Crippen LogP contribution in [0.4, 0.5) is 0 Å². The van der Waals surface area contributed by atoms with E-state index in [4.69, 9.17) is 18.9 Å². The van der Waals surface area contributed by atoms with Crippen molar-refractivity contribution in [3.63, 3.8) is 0 Å². The van der Waals surface area contributed by atoms with Gasteiger partial charge in [-0.2, -0.15) is 0 Å². The van der Waals surface area contributed by atoms with Gasteiger partial charge in [0.05, 0.1) is 13.2 Å². The molecule has 0 bridgehead atoms. The Morgan fingerprint density at radius 3 is 1.41 bits per heavy atom. The summed E-state index contributed by atoms with van der Waals surface area (Å²) in [5.74, 6) is 2.02. The molecular formula is C25H32O4. The molecule has 0 radical (unpaired) electrons. The molecule has 0 spiro atoms. The Balaban J connectivity index is 1.57. The van der Waals surface area contributed by atoms with Gasteiger partial charge in [-0.3, -0.25) is 0 Å². The zero-order chi connectivity index (χ0) is 20.7. The molecule has 0 amide bonds. The van der Waals surface area contributed by atoms with E-state index in [0.717, 1.165) is 31.1 Å². The number of aryl methyl sites for hydroxylation is 2. The van der Waals surface area contributed by atoms with Crippen molar-refractivity contribution >= 4 is 0 Å². The largest absolute Gasteiger partial charge is 0.490 e. The molecule has 4 nitrogen and oxygen atoms in total. The highest BCUT2D eigenvalue weighted by molar-refractivity contribution is 5.54. The molecule has 2 aliphatic rings. The molecule has 2 aromatic carbocycles. The Hall–Kier alpha value is -2.04. The molecule has 2 aromatic rings. The van der Waals surface area contributed by atoms with Crippen LogP contribution in [0.25, 0.3) is 0 Å². The number of epoxide rings is 2. The standard InChI is InChI=1S/C25H32O4/c1-14-7-20(16(3)18(5)24(14)28-12-22-10-26-22)9-21-8-15(2)25(19(6)17(21)4)29-13-23-11-27-23/h7-8,22-23H,9-13H2,1-6H3. The van der Waals surface area contributed by atoms with E-state index in [1.165, 1.54) is 44.5 Å². The average molecular weight is 397 g/mol. The van der Waals surface area contributed by atoms with Gasteiger partial charge >= 0.3 is 0 Å². The number of hydrogen-bond donors (Lipinski definition) is 0. The van der Waals surface area contributed by atoms with Crippen LogP contribution in [-0.2, 0) is 15.9 Å². The summed E-state index contributed by atoms with van der Waals surface area (Å²) in [5.41, 5.74) is 10.2. The minimum Gasteiger partial charge on any atom is -0.490 e. The second-order valence-electron chi connectivity index (χ2n) is 8.57. The van der Waals surface area contributed by atoms with Crippen molar-refractivity contribution in [2.24, 2.45) is 0 Å². The topological polar surface area (TPSA) is 43.5 Å². The summed E-state index contributed by atoms with van der Waals surface area (Å²) in [7, 11) is 0. The molecule has 156 valence electrons. The van der Waals surface area contributed by atoms with E-state index >= 15 is 0 Å². The zero-order valence-corrected chi connectivity index (χ0v) is 18.5. The summed E-state index contributed by atoms with van der Waals surface area (Å²) in [4.78, 5) is 0. The van der Waals surface area contributed by atoms with Crippen molar-refractivity contribution in [1.29, 1.82) is 0 Å². The van der Waals surface area contributed by atoms with Crippen LogP contribution in [0.3, 0.4) is 0 Å². The molecule has 0 aliphatic carbocycles. The average Bonchev–Trinajstić information content (AvgIpc) is 3.58. The third-order valence-corrected chi connectivity index (χ3v) is 6.28. The predicted molar refractivity (Wildman–Crippen MR) is 115 cm³/mol. The van der Waals surface area contributed by atoms with Crippen molar-refractivity contribution < 1.29 is 18.9 Å². The molecule has 2 saturated heterocycles. The van der Waals surface area contributed by atoms with Gasteiger partial charge in [-0.15, -0.1) is 0 Å². The normalized spacial score (nSPS) is 19.9. The van der Waals surface area contributed by atoms with Crippen molar-refractivity contribution in [3.05, 3.63) is 56.6 Å². The van der Waals surface area contributed by atoms with Crippen LogP contribution < -0.4 is 9.47 Å². The Morgan fingerprint density at radius 1 is 0.690 bits per heavy atom. The molecule has 2 heterocycles. The fraction of sp³-hybridized carbons (Fsp3) is 0.520. The fourth-order valence-corrected chi connectivity index (χ4v) is 3.98. The molecule has 0 aromatic heterocycles. The molecule has 4 rings (SSSR count). The van der Waals surface area contributed by atoms with Gasteiger partial charge in [-0.1, -0.05) is 12.1 Å². The first-order valence-corrected chi connectivity index (χ1v) is 10.5. The lowest BCUT2D eigenvalue weighted by Crippen LogP contribution is -2.09. The first-order valence-electron chi connectivity index (χ1n) is 10.5. The summed E-state index contributed by atoms with van der Waals surface area (Å²) in [6.07, 6.45) is 1.46. The van der Waals surface area contributed by atoms with Crippen molar-refractivity contribution in [2.75, 3.05) is 26.4 Å². The first kappa shape index (κ1) is 20.2. The van der Waals surface area contributed by atoms with Gasteiger partial charge in [-0.05, 0) is 92.5 Å². The van der Waals surface area contributed by atoms with Gasteiger partial charge in [0.2, 0.25) is 0 Å². The molecule has 2 unspecified atom stereocenters. The van der Waals surface area contributed by atoms with Crippen LogP contribution in [0, 0.1) is 41.5 Å². The van der Waals surface area contributed by atoms with E-state index < -0.39 is 0 Å². The van der Waals surface area contributed by atoms with Crippen LogP contribution in [0.2, 0.25) is 0 Å². The Morgan fingerprint density at radius 2 is 1.07 bits per heavy atom. The summed E-state index contributed by atoms with van der Waals surface area (Å²) in [6.45, 7) is 15.9. The third kappa shape index (κ3) is 4.44. The molecule has 0 saturated carbocycles. The van der Waals surface area contributed by atoms with Crippen LogP contribution >= 0.6 is 0 Å². The Bertz CT molecular complexity index is 848. The Labute approximate surface area is 174 Å². The highest BCUT2D eigenvalue weighted by Gasteiger charge is 2.25. The van der Waals surface area contributed by atoms with Gasteiger partial charge in [0, 0.05) is 0 Å². The second kappa shape index (κ2) is 8.00. The van der Waals surface area contributed by atoms with Crippen LogP contribution in [-0.4, -0.2) is 38.6 Å². The molecular weight excluding hydrogens is 364 g/mol. The third-order valence-electron chi connectivity index (χ3n) is 6.28. The predicted octanol–water partition coefficient (Wildman–Crippen LogP) is 4.68. The first-order chi connectivity index (χ1) is 13.8. The van der Waals surface area contributed by atoms with Crippen LogP contribution in [0.5, 0.6) is 11.5 Å². The SMILES string of the molecule is Cc1cc(Cc2cc(C)c(OCC3CO3)c(C)c2C)c(C)c(C)c1OCC1CO1. The molecule has 2 fully saturated rings. The van der Waals surface area contributed by atoms with Gasteiger partial charge < -0.3 is 18.9 Å². The van der Waals surface area contributed by atoms with E-state index in [1.807, 2.05) is 0 Å². The number of hydrogen-bond acceptors (Lipinski definition) is 4. The lowest BCUT2D eigenvalue weighted by molar-refractivity contribution is 0.260. The molecule has 0 N–H and O–H groups in total. The van der Waals surface area contributed by atoms with E-state index in [0.29, 0.717) is 13.2 Å². The maximum atomic E-state index is 6.05. The van der Waals surface area contributed by atoms with Crippen LogP contribution in [0.15, 0.2) is 12.1 Å². The number of rotatable bonds is 8. The van der Waals surface area contributed by atoms with E-state index in [2.05, 4.69) is 53.7 Å². The van der Waals surface area contributed by atoms with Gasteiger partial charge in [0.1, 0.15) is 36.9 Å². The van der Waals surface area contributed by atoms with Crippen molar-refractivity contribution in [1.82, 2.24) is 0 Å². The zero-order valence-electron chi connectivity index (χ0n) is 18.5. The minimum absolute atomic E-state index is 0.273. The minimum atomic E-state index is 0.273. The second-order valence-corrected chi connectivity index (χ2v) is 8.57. The maximum Gasteiger partial charge on any atom is 0.125 e.